The van der Waals surface area contributed by atoms with Crippen LogP contribution in [-0.2, 0) is 21.4 Å². The third-order valence-corrected chi connectivity index (χ3v) is 7.31. The lowest BCUT2D eigenvalue weighted by Crippen LogP contribution is -2.46. The van der Waals surface area contributed by atoms with E-state index in [2.05, 4.69) is 40.9 Å². The van der Waals surface area contributed by atoms with E-state index in [-0.39, 0.29) is 36.0 Å². The molecule has 3 aromatic carbocycles. The molecule has 1 saturated heterocycles. The summed E-state index contributed by atoms with van der Waals surface area (Å²) in [6, 6.07) is 19.4. The second kappa shape index (κ2) is 14.4. The molecule has 15 heteroatoms. The van der Waals surface area contributed by atoms with E-state index in [0.717, 1.165) is 44.3 Å². The van der Waals surface area contributed by atoms with Crippen LogP contribution in [0.5, 0.6) is 11.5 Å². The highest BCUT2D eigenvalue weighted by molar-refractivity contribution is 7.92. The van der Waals surface area contributed by atoms with Gasteiger partial charge in [-0.05, 0) is 92.2 Å². The average molecular weight is 631 g/mol. The van der Waals surface area contributed by atoms with Gasteiger partial charge in [0.2, 0.25) is 21.8 Å². The fourth-order valence-electron chi connectivity index (χ4n) is 4.66. The maximum atomic E-state index is 13.2. The summed E-state index contributed by atoms with van der Waals surface area (Å²) in [7, 11) is -3.33. The first kappa shape index (κ1) is 31.8. The number of carbonyl (C=O) groups is 1. The number of hydrogen-bond acceptors (Lipinski definition) is 9. The van der Waals surface area contributed by atoms with E-state index in [1.165, 1.54) is 24.3 Å². The van der Waals surface area contributed by atoms with Crippen molar-refractivity contribution in [3.63, 3.8) is 0 Å². The number of hydrogen-bond donors (Lipinski definition) is 4. The Kier molecular flexibility index (Phi) is 10.6. The van der Waals surface area contributed by atoms with E-state index in [9.17, 15) is 17.6 Å². The Balaban J connectivity index is 0.00000423. The number of aromatic nitrogens is 4. The molecule has 0 radical (unpaired) electrons. The fourth-order valence-corrected chi connectivity index (χ4v) is 5.23. The van der Waals surface area contributed by atoms with Gasteiger partial charge in [0.15, 0.2) is 6.04 Å². The summed E-state index contributed by atoms with van der Waals surface area (Å²) in [5.41, 5.74) is 2.09. The molecule has 1 aliphatic heterocycles. The molecule has 1 amide bonds. The number of anilines is 2. The zero-order chi connectivity index (χ0) is 29.5. The van der Waals surface area contributed by atoms with Crippen LogP contribution in [0.3, 0.4) is 0 Å². The maximum Gasteiger partial charge on any atom is 0.249 e. The smallest absolute Gasteiger partial charge is 0.249 e. The molecule has 0 saturated carbocycles. The number of amides is 1. The molecule has 0 spiro atoms. The SMILES string of the molecule is CS(=O)(=O)Nc1ccc(Oc2ccc(CN3CCC(NC(C(=O)Nc4ccc(F)cc4)c4nn[nH]n4)CC3)cc2)cc1.Cl. The van der Waals surface area contributed by atoms with Crippen LogP contribution in [0, 0.1) is 5.82 Å². The molecule has 1 unspecified atom stereocenters. The Morgan fingerprint density at radius 3 is 2.19 bits per heavy atom. The van der Waals surface area contributed by atoms with Crippen LogP contribution >= 0.6 is 12.4 Å². The Bertz CT molecular complexity index is 1570. The minimum atomic E-state index is -3.33. The normalized spacial score (nSPS) is 14.8. The predicted octanol–water partition coefficient (Wildman–Crippen LogP) is 3.86. The first-order valence-electron chi connectivity index (χ1n) is 13.3. The number of nitrogens with zero attached hydrogens (tertiary/aromatic N) is 4. The van der Waals surface area contributed by atoms with Crippen molar-refractivity contribution in [3.05, 3.63) is 90.0 Å². The second-order valence-electron chi connectivity index (χ2n) is 10.1. The summed E-state index contributed by atoms with van der Waals surface area (Å²) in [6.07, 6.45) is 2.75. The van der Waals surface area contributed by atoms with Crippen LogP contribution in [0.1, 0.15) is 30.3 Å². The van der Waals surface area contributed by atoms with Gasteiger partial charge in [0.25, 0.3) is 0 Å². The number of ether oxygens (including phenoxy) is 1. The number of aromatic amines is 1. The lowest BCUT2D eigenvalue weighted by atomic mass is 10.0. The van der Waals surface area contributed by atoms with E-state index in [0.29, 0.717) is 22.9 Å². The molecule has 228 valence electrons. The third kappa shape index (κ3) is 9.44. The van der Waals surface area contributed by atoms with Gasteiger partial charge >= 0.3 is 0 Å². The summed E-state index contributed by atoms with van der Waals surface area (Å²) in [5, 5.41) is 20.2. The monoisotopic (exact) mass is 630 g/mol. The van der Waals surface area contributed by atoms with Gasteiger partial charge < -0.3 is 10.1 Å². The predicted molar refractivity (Wildman–Crippen MR) is 162 cm³/mol. The Labute approximate surface area is 254 Å². The lowest BCUT2D eigenvalue weighted by molar-refractivity contribution is -0.118. The highest BCUT2D eigenvalue weighted by atomic mass is 35.5. The second-order valence-corrected chi connectivity index (χ2v) is 11.8. The van der Waals surface area contributed by atoms with Gasteiger partial charge in [0.1, 0.15) is 17.3 Å². The van der Waals surface area contributed by atoms with Crippen LogP contribution in [-0.4, -0.2) is 65.2 Å². The standard InChI is InChI=1S/C28H31FN8O4S.ClH/c1-42(39,40)34-23-8-12-25(13-9-23)41-24-10-2-19(3-11-24)18-37-16-14-22(15-17-37)30-26(27-32-35-36-33-27)28(38)31-21-6-4-20(29)5-7-21;/h2-13,22,26,30,34H,14-18H2,1H3,(H,31,38)(H,32,33,35,36);1H. The van der Waals surface area contributed by atoms with Crippen LogP contribution in [0.15, 0.2) is 72.8 Å². The molecular weight excluding hydrogens is 599 g/mol. The number of benzene rings is 3. The maximum absolute atomic E-state index is 13.2. The highest BCUT2D eigenvalue weighted by Gasteiger charge is 2.29. The molecule has 4 N–H and O–H groups in total. The molecule has 4 aromatic rings. The molecule has 1 aliphatic rings. The Morgan fingerprint density at radius 1 is 1.00 bits per heavy atom. The number of nitrogens with one attached hydrogen (secondary N) is 4. The highest BCUT2D eigenvalue weighted by Crippen LogP contribution is 2.25. The summed E-state index contributed by atoms with van der Waals surface area (Å²) < 4.78 is 44.3. The first-order valence-corrected chi connectivity index (χ1v) is 15.2. The number of halogens is 2. The van der Waals surface area contributed by atoms with Gasteiger partial charge in [-0.15, -0.1) is 22.6 Å². The number of likely N-dealkylation sites (tertiary alicyclic amines) is 1. The first-order chi connectivity index (χ1) is 20.2. The summed E-state index contributed by atoms with van der Waals surface area (Å²) in [4.78, 5) is 15.4. The average Bonchev–Trinajstić information content (AvgIpc) is 3.50. The number of piperidine rings is 1. The zero-order valence-corrected chi connectivity index (χ0v) is 24.9. The molecule has 1 aromatic heterocycles. The van der Waals surface area contributed by atoms with Gasteiger partial charge in [0, 0.05) is 24.0 Å². The lowest BCUT2D eigenvalue weighted by Gasteiger charge is -2.33. The Morgan fingerprint density at radius 2 is 1.60 bits per heavy atom. The largest absolute Gasteiger partial charge is 0.457 e. The van der Waals surface area contributed by atoms with Crippen LogP contribution in [0.4, 0.5) is 15.8 Å². The van der Waals surface area contributed by atoms with Crippen molar-refractivity contribution in [3.8, 4) is 11.5 Å². The molecule has 1 atom stereocenters. The van der Waals surface area contributed by atoms with Gasteiger partial charge in [-0.3, -0.25) is 19.7 Å². The summed E-state index contributed by atoms with van der Waals surface area (Å²) in [6.45, 7) is 2.45. The minimum absolute atomic E-state index is 0. The van der Waals surface area contributed by atoms with E-state index in [4.69, 9.17) is 4.74 Å². The van der Waals surface area contributed by atoms with Crippen molar-refractivity contribution in [1.29, 1.82) is 0 Å². The third-order valence-electron chi connectivity index (χ3n) is 6.71. The van der Waals surface area contributed by atoms with Crippen LogP contribution in [0.2, 0.25) is 0 Å². The van der Waals surface area contributed by atoms with E-state index in [1.54, 1.807) is 24.3 Å². The molecule has 0 aliphatic carbocycles. The topological polar surface area (TPSA) is 154 Å². The molecule has 12 nitrogen and oxygen atoms in total. The van der Waals surface area contributed by atoms with Crippen molar-refractivity contribution >= 4 is 39.7 Å². The van der Waals surface area contributed by atoms with Crippen LogP contribution in [0.25, 0.3) is 0 Å². The Hall–Kier alpha value is -4.11. The van der Waals surface area contributed by atoms with E-state index < -0.39 is 16.1 Å². The molecule has 43 heavy (non-hydrogen) atoms. The summed E-state index contributed by atoms with van der Waals surface area (Å²) >= 11 is 0. The van der Waals surface area contributed by atoms with Gasteiger partial charge in [-0.25, -0.2) is 12.8 Å². The number of tetrazole rings is 1. The van der Waals surface area contributed by atoms with Gasteiger partial charge in [0.05, 0.1) is 6.26 Å². The van der Waals surface area contributed by atoms with Crippen molar-refractivity contribution in [1.82, 2.24) is 30.8 Å². The molecule has 5 rings (SSSR count). The van der Waals surface area contributed by atoms with E-state index in [1.807, 2.05) is 24.3 Å². The zero-order valence-electron chi connectivity index (χ0n) is 23.2. The molecule has 2 heterocycles. The molecule has 0 bridgehead atoms. The van der Waals surface area contributed by atoms with Crippen molar-refractivity contribution in [2.24, 2.45) is 0 Å². The van der Waals surface area contributed by atoms with Crippen molar-refractivity contribution in [2.45, 2.75) is 31.5 Å². The minimum Gasteiger partial charge on any atom is -0.457 e. The number of carbonyl (C=O) groups excluding carboxylic acids is 1. The van der Waals surface area contributed by atoms with E-state index >= 15 is 0 Å². The summed E-state index contributed by atoms with van der Waals surface area (Å²) in [5.74, 6) is 0.777. The van der Waals surface area contributed by atoms with Gasteiger partial charge in [-0.2, -0.15) is 5.21 Å². The van der Waals surface area contributed by atoms with Crippen molar-refractivity contribution in [2.75, 3.05) is 29.4 Å². The van der Waals surface area contributed by atoms with Crippen LogP contribution < -0.4 is 20.1 Å². The molecular formula is C28H32ClFN8O4S. The number of sulfonamides is 1. The number of H-pyrrole nitrogens is 1. The van der Waals surface area contributed by atoms with Gasteiger partial charge in [-0.1, -0.05) is 17.3 Å². The van der Waals surface area contributed by atoms with Crippen molar-refractivity contribution < 1.29 is 22.3 Å². The number of rotatable bonds is 11. The molecule has 1 fully saturated rings. The quantitative estimate of drug-likeness (QED) is 0.193. The fraction of sp³-hybridized carbons (Fsp3) is 0.286.